The minimum Gasteiger partial charge on any atom is -0.316 e. The van der Waals surface area contributed by atoms with Crippen LogP contribution in [0.4, 0.5) is 0 Å². The normalized spacial score (nSPS) is 22.2. The molecule has 0 spiro atoms. The van der Waals surface area contributed by atoms with E-state index in [4.69, 9.17) is 5.73 Å². The lowest BCUT2D eigenvalue weighted by Gasteiger charge is -2.26. The Labute approximate surface area is 106 Å². The summed E-state index contributed by atoms with van der Waals surface area (Å²) in [5.41, 5.74) is 5.92. The molecule has 100 valence electrons. The zero-order valence-electron chi connectivity index (χ0n) is 11.6. The Morgan fingerprint density at radius 1 is 1.24 bits per heavy atom. The second kappa shape index (κ2) is 8.65. The Morgan fingerprint density at radius 3 is 2.53 bits per heavy atom. The smallest absolute Gasteiger partial charge is 0.103 e. The van der Waals surface area contributed by atoms with Gasteiger partial charge in [0.15, 0.2) is 0 Å². The van der Waals surface area contributed by atoms with E-state index in [-0.39, 0.29) is 6.17 Å². The molecular weight excluding hydrogens is 210 g/mol. The van der Waals surface area contributed by atoms with Crippen LogP contribution in [0.15, 0.2) is 4.99 Å². The Hall–Kier alpha value is -0.410. The molecule has 0 amide bonds. The van der Waals surface area contributed by atoms with Crippen LogP contribution in [0.2, 0.25) is 0 Å². The predicted molar refractivity (Wildman–Crippen MR) is 75.2 cm³/mol. The Morgan fingerprint density at radius 2 is 1.88 bits per heavy atom. The largest absolute Gasteiger partial charge is 0.316 e. The highest BCUT2D eigenvalue weighted by Crippen LogP contribution is 2.17. The second-order valence-electron chi connectivity index (χ2n) is 5.16. The topological polar surface area (TPSA) is 41.6 Å². The van der Waals surface area contributed by atoms with Gasteiger partial charge < -0.3 is 5.73 Å². The molecule has 0 fully saturated rings. The molecule has 1 heterocycles. The summed E-state index contributed by atoms with van der Waals surface area (Å²) in [6.07, 6.45) is 13.2. The molecule has 0 aromatic carbocycles. The van der Waals surface area contributed by atoms with Crippen molar-refractivity contribution in [1.29, 1.82) is 0 Å². The molecule has 0 aliphatic carbocycles. The molecule has 3 heteroatoms. The maximum atomic E-state index is 5.92. The van der Waals surface area contributed by atoms with Gasteiger partial charge in [-0.2, -0.15) is 0 Å². The Bertz CT molecular complexity index is 214. The molecule has 3 nitrogen and oxygen atoms in total. The molecule has 0 aromatic rings. The minimum absolute atomic E-state index is 0.132. The Kier molecular flexibility index (Phi) is 7.45. The zero-order valence-corrected chi connectivity index (χ0v) is 11.6. The summed E-state index contributed by atoms with van der Waals surface area (Å²) in [5, 5.41) is 0. The van der Waals surface area contributed by atoms with Gasteiger partial charge in [-0.05, 0) is 19.8 Å². The molecule has 1 aliphatic rings. The van der Waals surface area contributed by atoms with Gasteiger partial charge in [-0.1, -0.05) is 45.4 Å². The van der Waals surface area contributed by atoms with Crippen molar-refractivity contribution in [2.75, 3.05) is 6.54 Å². The van der Waals surface area contributed by atoms with Gasteiger partial charge in [-0.15, -0.1) is 0 Å². The maximum absolute atomic E-state index is 5.92. The third-order valence-electron chi connectivity index (χ3n) is 3.54. The molecule has 1 rings (SSSR count). The van der Waals surface area contributed by atoms with E-state index in [0.717, 1.165) is 6.54 Å². The van der Waals surface area contributed by atoms with Gasteiger partial charge in [-0.25, -0.2) is 0 Å². The molecule has 2 unspecified atom stereocenters. The standard InChI is InChI=1S/C14H29N3/c1-3-4-5-6-7-8-9-10-14-16-11-12-17(14)13(2)15/h11,13-14H,3-10,12,15H2,1-2H3. The zero-order chi connectivity index (χ0) is 12.5. The first kappa shape index (κ1) is 14.7. The molecule has 1 aliphatic heterocycles. The van der Waals surface area contributed by atoms with Crippen LogP contribution in [0.25, 0.3) is 0 Å². The number of nitrogens with zero attached hydrogens (tertiary/aromatic N) is 2. The van der Waals surface area contributed by atoms with Gasteiger partial charge >= 0.3 is 0 Å². The fourth-order valence-electron chi connectivity index (χ4n) is 2.43. The number of aliphatic imine (C=N–C) groups is 1. The van der Waals surface area contributed by atoms with Crippen molar-refractivity contribution in [2.24, 2.45) is 10.7 Å². The highest BCUT2D eigenvalue weighted by molar-refractivity contribution is 5.62. The van der Waals surface area contributed by atoms with Crippen molar-refractivity contribution >= 4 is 6.21 Å². The highest BCUT2D eigenvalue weighted by Gasteiger charge is 2.22. The monoisotopic (exact) mass is 239 g/mol. The van der Waals surface area contributed by atoms with Crippen molar-refractivity contribution in [1.82, 2.24) is 4.90 Å². The average Bonchev–Trinajstić information content (AvgIpc) is 2.76. The number of nitrogens with two attached hydrogens (primary N) is 1. The van der Waals surface area contributed by atoms with Gasteiger partial charge in [0, 0.05) is 12.8 Å². The number of hydrogen-bond acceptors (Lipinski definition) is 3. The van der Waals surface area contributed by atoms with E-state index in [1.54, 1.807) is 0 Å². The van der Waals surface area contributed by atoms with Gasteiger partial charge in [0.1, 0.15) is 6.17 Å². The fraction of sp³-hybridized carbons (Fsp3) is 0.929. The average molecular weight is 239 g/mol. The van der Waals surface area contributed by atoms with Crippen molar-refractivity contribution in [2.45, 2.75) is 77.5 Å². The molecule has 0 radical (unpaired) electrons. The SMILES string of the molecule is CCCCCCCCCC1N=CCN1C(C)N. The van der Waals surface area contributed by atoms with Crippen molar-refractivity contribution in [3.05, 3.63) is 0 Å². The first-order chi connectivity index (χ1) is 8.25. The molecule has 0 saturated carbocycles. The summed E-state index contributed by atoms with van der Waals surface area (Å²) < 4.78 is 0. The maximum Gasteiger partial charge on any atom is 0.103 e. The quantitative estimate of drug-likeness (QED) is 0.628. The van der Waals surface area contributed by atoms with Crippen LogP contribution in [-0.4, -0.2) is 30.0 Å². The third-order valence-corrected chi connectivity index (χ3v) is 3.54. The summed E-state index contributed by atoms with van der Waals surface area (Å²) in [4.78, 5) is 6.78. The number of unbranched alkanes of at least 4 members (excludes halogenated alkanes) is 6. The van der Waals surface area contributed by atoms with Gasteiger partial charge in [0.25, 0.3) is 0 Å². The van der Waals surface area contributed by atoms with E-state index in [1.807, 2.05) is 13.1 Å². The summed E-state index contributed by atoms with van der Waals surface area (Å²) in [5.74, 6) is 0. The van der Waals surface area contributed by atoms with Gasteiger partial charge in [0.05, 0.1) is 6.17 Å². The van der Waals surface area contributed by atoms with Crippen LogP contribution in [-0.2, 0) is 0 Å². The van der Waals surface area contributed by atoms with Gasteiger partial charge in [-0.3, -0.25) is 9.89 Å². The van der Waals surface area contributed by atoms with E-state index in [0.29, 0.717) is 6.17 Å². The fourth-order valence-corrected chi connectivity index (χ4v) is 2.43. The first-order valence-corrected chi connectivity index (χ1v) is 7.28. The highest BCUT2D eigenvalue weighted by atomic mass is 15.3. The number of hydrogen-bond donors (Lipinski definition) is 1. The summed E-state index contributed by atoms with van der Waals surface area (Å²) in [6, 6.07) is 0. The third kappa shape index (κ3) is 5.64. The molecule has 17 heavy (non-hydrogen) atoms. The van der Waals surface area contributed by atoms with Crippen molar-refractivity contribution in [3.63, 3.8) is 0 Å². The van der Waals surface area contributed by atoms with Crippen LogP contribution in [0.1, 0.15) is 65.2 Å². The van der Waals surface area contributed by atoms with Crippen LogP contribution in [0.3, 0.4) is 0 Å². The van der Waals surface area contributed by atoms with Crippen LogP contribution in [0.5, 0.6) is 0 Å². The summed E-state index contributed by atoms with van der Waals surface area (Å²) in [6.45, 7) is 5.24. The van der Waals surface area contributed by atoms with Crippen LogP contribution < -0.4 is 5.73 Å². The minimum atomic E-state index is 0.132. The van der Waals surface area contributed by atoms with Gasteiger partial charge in [0.2, 0.25) is 0 Å². The summed E-state index contributed by atoms with van der Waals surface area (Å²) in [7, 11) is 0. The Balaban J connectivity index is 2.00. The van der Waals surface area contributed by atoms with E-state index in [1.165, 1.54) is 51.4 Å². The first-order valence-electron chi connectivity index (χ1n) is 7.28. The van der Waals surface area contributed by atoms with Crippen LogP contribution >= 0.6 is 0 Å². The van der Waals surface area contributed by atoms with Crippen molar-refractivity contribution in [3.8, 4) is 0 Å². The molecule has 0 aromatic heterocycles. The van der Waals surface area contributed by atoms with Crippen LogP contribution in [0, 0.1) is 0 Å². The predicted octanol–water partition coefficient (Wildman–Crippen LogP) is 3.14. The molecule has 2 N–H and O–H groups in total. The van der Waals surface area contributed by atoms with Crippen molar-refractivity contribution < 1.29 is 0 Å². The molecule has 0 bridgehead atoms. The lowest BCUT2D eigenvalue weighted by molar-refractivity contribution is 0.182. The van der Waals surface area contributed by atoms with E-state index in [2.05, 4.69) is 16.8 Å². The van der Waals surface area contributed by atoms with E-state index in [9.17, 15) is 0 Å². The van der Waals surface area contributed by atoms with E-state index < -0.39 is 0 Å². The molecule has 2 atom stereocenters. The van der Waals surface area contributed by atoms with E-state index >= 15 is 0 Å². The summed E-state index contributed by atoms with van der Waals surface area (Å²) >= 11 is 0. The molecule has 0 saturated heterocycles. The lowest BCUT2D eigenvalue weighted by Crippen LogP contribution is -2.43. The second-order valence-corrected chi connectivity index (χ2v) is 5.16. The number of rotatable bonds is 9. The lowest BCUT2D eigenvalue weighted by atomic mass is 10.1. The molecular formula is C14H29N3.